The van der Waals surface area contributed by atoms with E-state index in [0.29, 0.717) is 11.8 Å². The normalized spacial score (nSPS) is 28.1. The third-order valence-electron chi connectivity index (χ3n) is 5.07. The highest BCUT2D eigenvalue weighted by atomic mass is 16.5. The average molecular weight is 269 g/mol. The van der Waals surface area contributed by atoms with E-state index in [1.54, 1.807) is 0 Å². The predicted molar refractivity (Wildman–Crippen MR) is 77.1 cm³/mol. The lowest BCUT2D eigenvalue weighted by Gasteiger charge is -2.17. The number of rotatable bonds is 2. The minimum Gasteiger partial charge on any atom is -0.398 e. The molecule has 3 atom stereocenters. The van der Waals surface area contributed by atoms with Crippen LogP contribution in [0, 0.1) is 18.8 Å². The molecule has 4 heteroatoms. The Morgan fingerprint density at radius 3 is 2.90 bits per heavy atom. The van der Waals surface area contributed by atoms with Crippen molar-refractivity contribution in [2.24, 2.45) is 11.8 Å². The number of aryl methyl sites for hydroxylation is 1. The first-order chi connectivity index (χ1) is 9.72. The number of nitrogen functional groups attached to an aromatic ring is 1. The van der Waals surface area contributed by atoms with Crippen molar-refractivity contribution in [2.45, 2.75) is 38.5 Å². The molecule has 104 valence electrons. The maximum atomic E-state index is 6.11. The third-order valence-corrected chi connectivity index (χ3v) is 5.07. The van der Waals surface area contributed by atoms with E-state index in [-0.39, 0.29) is 0 Å². The lowest BCUT2D eigenvalue weighted by molar-refractivity contribution is 0.372. The van der Waals surface area contributed by atoms with E-state index in [1.807, 2.05) is 25.1 Å². The third kappa shape index (κ3) is 1.74. The van der Waals surface area contributed by atoms with Crippen molar-refractivity contribution in [3.63, 3.8) is 0 Å². The van der Waals surface area contributed by atoms with Crippen molar-refractivity contribution in [3.8, 4) is 11.5 Å². The summed E-state index contributed by atoms with van der Waals surface area (Å²) in [5.74, 6) is 3.59. The molecule has 1 aromatic heterocycles. The molecule has 1 heterocycles. The number of nitrogens with two attached hydrogens (primary N) is 1. The van der Waals surface area contributed by atoms with Gasteiger partial charge < -0.3 is 10.3 Å². The Kier molecular flexibility index (Phi) is 2.59. The molecule has 3 unspecified atom stereocenters. The molecule has 0 radical (unpaired) electrons. The number of benzene rings is 1. The van der Waals surface area contributed by atoms with Crippen LogP contribution in [0.5, 0.6) is 0 Å². The summed E-state index contributed by atoms with van der Waals surface area (Å²) in [7, 11) is 0. The van der Waals surface area contributed by atoms with Crippen molar-refractivity contribution < 1.29 is 4.52 Å². The summed E-state index contributed by atoms with van der Waals surface area (Å²) >= 11 is 0. The Labute approximate surface area is 118 Å². The minimum absolute atomic E-state index is 0.497. The second kappa shape index (κ2) is 4.33. The Balaban J connectivity index is 1.67. The molecule has 20 heavy (non-hydrogen) atoms. The molecule has 2 aliphatic rings. The monoisotopic (exact) mass is 269 g/mol. The van der Waals surface area contributed by atoms with E-state index >= 15 is 0 Å². The van der Waals surface area contributed by atoms with Crippen LogP contribution in [0.2, 0.25) is 0 Å². The second-order valence-corrected chi connectivity index (χ2v) is 6.28. The summed E-state index contributed by atoms with van der Waals surface area (Å²) in [6, 6.07) is 5.91. The van der Waals surface area contributed by atoms with E-state index in [9.17, 15) is 0 Å². The van der Waals surface area contributed by atoms with Gasteiger partial charge in [0.25, 0.3) is 5.89 Å². The molecule has 4 rings (SSSR count). The van der Waals surface area contributed by atoms with Crippen LogP contribution in [-0.4, -0.2) is 10.1 Å². The summed E-state index contributed by atoms with van der Waals surface area (Å²) < 4.78 is 5.47. The molecule has 2 fully saturated rings. The molecule has 0 amide bonds. The number of fused-ring (bicyclic) bond motifs is 2. The fraction of sp³-hybridized carbons (Fsp3) is 0.500. The van der Waals surface area contributed by atoms with E-state index in [2.05, 4.69) is 10.1 Å². The van der Waals surface area contributed by atoms with E-state index in [0.717, 1.165) is 34.5 Å². The lowest BCUT2D eigenvalue weighted by atomic mass is 9.88. The topological polar surface area (TPSA) is 64.9 Å². The van der Waals surface area contributed by atoms with Crippen LogP contribution in [0.3, 0.4) is 0 Å². The Hall–Kier alpha value is -1.84. The molecule has 4 nitrogen and oxygen atoms in total. The van der Waals surface area contributed by atoms with Gasteiger partial charge in [0, 0.05) is 11.6 Å². The van der Waals surface area contributed by atoms with E-state index < -0.39 is 0 Å². The van der Waals surface area contributed by atoms with Gasteiger partial charge in [-0.05, 0) is 49.7 Å². The molecular weight excluding hydrogens is 250 g/mol. The van der Waals surface area contributed by atoms with Crippen LogP contribution < -0.4 is 5.73 Å². The maximum absolute atomic E-state index is 6.11. The van der Waals surface area contributed by atoms with Crippen molar-refractivity contribution in [2.75, 3.05) is 5.73 Å². The highest BCUT2D eigenvalue weighted by Crippen LogP contribution is 2.52. The highest BCUT2D eigenvalue weighted by molar-refractivity contribution is 5.73. The molecule has 0 spiro atoms. The van der Waals surface area contributed by atoms with Crippen LogP contribution in [0.15, 0.2) is 22.7 Å². The predicted octanol–water partition coefficient (Wildman–Crippen LogP) is 3.53. The van der Waals surface area contributed by atoms with Gasteiger partial charge in [-0.15, -0.1) is 0 Å². The van der Waals surface area contributed by atoms with Gasteiger partial charge in [-0.25, -0.2) is 0 Å². The Morgan fingerprint density at radius 2 is 2.15 bits per heavy atom. The number of hydrogen-bond acceptors (Lipinski definition) is 4. The fourth-order valence-corrected chi connectivity index (χ4v) is 3.92. The van der Waals surface area contributed by atoms with Gasteiger partial charge in [0.2, 0.25) is 0 Å². The molecule has 0 saturated heterocycles. The van der Waals surface area contributed by atoms with E-state index in [4.69, 9.17) is 10.3 Å². The molecular formula is C16H19N3O. The van der Waals surface area contributed by atoms with Gasteiger partial charge in [-0.1, -0.05) is 23.7 Å². The Bertz CT molecular complexity index is 649. The second-order valence-electron chi connectivity index (χ2n) is 6.28. The minimum atomic E-state index is 0.497. The number of nitrogens with zero attached hydrogens (tertiary/aromatic N) is 2. The summed E-state index contributed by atoms with van der Waals surface area (Å²) in [5.41, 5.74) is 8.74. The van der Waals surface area contributed by atoms with Crippen molar-refractivity contribution in [3.05, 3.63) is 29.6 Å². The van der Waals surface area contributed by atoms with Crippen LogP contribution >= 0.6 is 0 Å². The maximum Gasteiger partial charge on any atom is 0.260 e. The number of anilines is 1. The van der Waals surface area contributed by atoms with Crippen molar-refractivity contribution in [1.29, 1.82) is 0 Å². The zero-order valence-electron chi connectivity index (χ0n) is 11.7. The van der Waals surface area contributed by atoms with Crippen LogP contribution in [0.1, 0.15) is 43.0 Å². The SMILES string of the molecule is Cc1cccc(-c2nc(C3CC4CCC3C4)no2)c1N. The van der Waals surface area contributed by atoms with Gasteiger partial charge >= 0.3 is 0 Å². The number of para-hydroxylation sites is 1. The highest BCUT2D eigenvalue weighted by Gasteiger charge is 2.42. The molecule has 2 aromatic rings. The summed E-state index contributed by atoms with van der Waals surface area (Å²) in [4.78, 5) is 4.63. The van der Waals surface area contributed by atoms with Crippen LogP contribution in [0.4, 0.5) is 5.69 Å². The lowest BCUT2D eigenvalue weighted by Crippen LogP contribution is -2.09. The largest absolute Gasteiger partial charge is 0.398 e. The van der Waals surface area contributed by atoms with Crippen LogP contribution in [0.25, 0.3) is 11.5 Å². The van der Waals surface area contributed by atoms with Gasteiger partial charge in [0.05, 0.1) is 5.56 Å². The summed E-state index contributed by atoms with van der Waals surface area (Å²) in [5, 5.41) is 4.22. The molecule has 2 N–H and O–H groups in total. The molecule has 2 bridgehead atoms. The zero-order valence-corrected chi connectivity index (χ0v) is 11.7. The summed E-state index contributed by atoms with van der Waals surface area (Å²) in [6.07, 6.45) is 5.29. The fourth-order valence-electron chi connectivity index (χ4n) is 3.92. The first kappa shape index (κ1) is 11.9. The van der Waals surface area contributed by atoms with Crippen molar-refractivity contribution in [1.82, 2.24) is 10.1 Å². The summed E-state index contributed by atoms with van der Waals surface area (Å²) in [6.45, 7) is 1.99. The quantitative estimate of drug-likeness (QED) is 0.847. The van der Waals surface area contributed by atoms with Gasteiger partial charge in [0.15, 0.2) is 5.82 Å². The number of aromatic nitrogens is 2. The standard InChI is InChI=1S/C16H19N3O/c1-9-3-2-4-12(14(9)17)16-18-15(19-20-16)13-8-10-5-6-11(13)7-10/h2-4,10-11,13H,5-8,17H2,1H3. The Morgan fingerprint density at radius 1 is 1.25 bits per heavy atom. The first-order valence-corrected chi connectivity index (χ1v) is 7.41. The van der Waals surface area contributed by atoms with Crippen molar-refractivity contribution >= 4 is 5.69 Å². The smallest absolute Gasteiger partial charge is 0.260 e. The van der Waals surface area contributed by atoms with Gasteiger partial charge in [0.1, 0.15) is 0 Å². The molecule has 2 aliphatic carbocycles. The first-order valence-electron chi connectivity index (χ1n) is 7.41. The average Bonchev–Trinajstić information content (AvgIpc) is 3.16. The zero-order chi connectivity index (χ0) is 13.7. The van der Waals surface area contributed by atoms with Gasteiger partial charge in [-0.2, -0.15) is 4.98 Å². The molecule has 1 aromatic carbocycles. The molecule has 0 aliphatic heterocycles. The number of hydrogen-bond donors (Lipinski definition) is 1. The van der Waals surface area contributed by atoms with E-state index in [1.165, 1.54) is 25.7 Å². The van der Waals surface area contributed by atoms with Gasteiger partial charge in [-0.3, -0.25) is 0 Å². The molecule has 2 saturated carbocycles. The van der Waals surface area contributed by atoms with Crippen LogP contribution in [-0.2, 0) is 0 Å².